The fourth-order valence-electron chi connectivity index (χ4n) is 4.00. The van der Waals surface area contributed by atoms with E-state index in [0.29, 0.717) is 0 Å². The normalized spacial score (nSPS) is 13.8. The number of fused-ring (bicyclic) bond motifs is 1. The molecule has 0 aliphatic carbocycles. The quantitative estimate of drug-likeness (QED) is 0.650. The number of ether oxygens (including phenoxy) is 1. The highest BCUT2D eigenvalue weighted by molar-refractivity contribution is 5.92. The zero-order chi connectivity index (χ0) is 22.0. The maximum atomic E-state index is 11.9. The molecule has 0 fully saturated rings. The Bertz CT molecular complexity index is 1070. The van der Waals surface area contributed by atoms with Gasteiger partial charge in [0.1, 0.15) is 11.6 Å². The van der Waals surface area contributed by atoms with Crippen molar-refractivity contribution in [2.75, 3.05) is 19.0 Å². The minimum Gasteiger partial charge on any atom is -0.496 e. The number of carbonyl (C=O) groups is 1. The van der Waals surface area contributed by atoms with Crippen LogP contribution in [0.5, 0.6) is 5.75 Å². The van der Waals surface area contributed by atoms with Crippen molar-refractivity contribution in [2.24, 2.45) is 13.0 Å². The number of amides is 1. The van der Waals surface area contributed by atoms with Crippen LogP contribution >= 0.6 is 0 Å². The lowest BCUT2D eigenvalue weighted by molar-refractivity contribution is -0.118. The van der Waals surface area contributed by atoms with Crippen molar-refractivity contribution < 1.29 is 9.53 Å². The molecule has 1 aromatic heterocycles. The van der Waals surface area contributed by atoms with Gasteiger partial charge in [0.2, 0.25) is 5.91 Å². The molecule has 0 saturated carbocycles. The summed E-state index contributed by atoms with van der Waals surface area (Å²) in [6, 6.07) is 16.1. The summed E-state index contributed by atoms with van der Waals surface area (Å²) in [4.78, 5) is 19.3. The molecule has 1 aliphatic heterocycles. The highest BCUT2D eigenvalue weighted by Crippen LogP contribution is 2.28. The van der Waals surface area contributed by atoms with Crippen molar-refractivity contribution in [3.05, 3.63) is 65.5 Å². The fraction of sp³-hybridized carbons (Fsp3) is 0.360. The number of carbonyl (C=O) groups excluding carboxylic acids is 1. The lowest BCUT2D eigenvalue weighted by atomic mass is 10.1. The molecule has 4 rings (SSSR count). The van der Waals surface area contributed by atoms with Gasteiger partial charge in [-0.1, -0.05) is 32.0 Å². The molecule has 2 aromatic carbocycles. The van der Waals surface area contributed by atoms with E-state index in [0.717, 1.165) is 48.9 Å². The van der Waals surface area contributed by atoms with Gasteiger partial charge in [0.05, 0.1) is 18.5 Å². The number of hydrogen-bond donors (Lipinski definition) is 1. The van der Waals surface area contributed by atoms with E-state index in [-0.39, 0.29) is 11.8 Å². The van der Waals surface area contributed by atoms with Crippen molar-refractivity contribution in [3.8, 4) is 17.1 Å². The maximum absolute atomic E-state index is 11.9. The Balaban J connectivity index is 1.51. The van der Waals surface area contributed by atoms with E-state index in [9.17, 15) is 4.79 Å². The summed E-state index contributed by atoms with van der Waals surface area (Å²) in [7, 11) is 3.81. The van der Waals surface area contributed by atoms with E-state index in [1.807, 2.05) is 50.2 Å². The number of methoxy groups -OCH3 is 1. The van der Waals surface area contributed by atoms with Crippen LogP contribution in [0.3, 0.4) is 0 Å². The Hall–Kier alpha value is -3.12. The molecule has 3 aromatic rings. The molecule has 31 heavy (non-hydrogen) atoms. The predicted molar refractivity (Wildman–Crippen MR) is 123 cm³/mol. The molecule has 0 bridgehead atoms. The average molecular weight is 419 g/mol. The second-order valence-electron chi connectivity index (χ2n) is 8.38. The number of para-hydroxylation sites is 1. The lowest BCUT2D eigenvalue weighted by Crippen LogP contribution is -2.31. The van der Waals surface area contributed by atoms with Gasteiger partial charge < -0.3 is 14.6 Å². The Morgan fingerprint density at radius 3 is 2.61 bits per heavy atom. The van der Waals surface area contributed by atoms with Crippen LogP contribution < -0.4 is 10.1 Å². The lowest BCUT2D eigenvalue weighted by Gasteiger charge is -2.27. The number of benzene rings is 2. The van der Waals surface area contributed by atoms with E-state index in [1.165, 1.54) is 17.0 Å². The highest BCUT2D eigenvalue weighted by Gasteiger charge is 2.24. The molecule has 0 saturated heterocycles. The number of anilines is 1. The molecular formula is C25H30N4O2. The van der Waals surface area contributed by atoms with Gasteiger partial charge in [0.25, 0.3) is 0 Å². The SMILES string of the molecule is COc1ccccc1CN1CCc2nc(-c3ccc(NC(=O)C(C)C)cc3)n(C)c2C1. The van der Waals surface area contributed by atoms with Crippen molar-refractivity contribution >= 4 is 11.6 Å². The minimum atomic E-state index is -0.0419. The monoisotopic (exact) mass is 418 g/mol. The van der Waals surface area contributed by atoms with Crippen molar-refractivity contribution in [3.63, 3.8) is 0 Å². The third-order valence-corrected chi connectivity index (χ3v) is 5.86. The molecule has 6 nitrogen and oxygen atoms in total. The van der Waals surface area contributed by atoms with Gasteiger partial charge in [0.15, 0.2) is 0 Å². The molecule has 2 heterocycles. The van der Waals surface area contributed by atoms with Crippen molar-refractivity contribution in [1.82, 2.24) is 14.5 Å². The fourth-order valence-corrected chi connectivity index (χ4v) is 4.00. The number of nitrogens with zero attached hydrogens (tertiary/aromatic N) is 3. The van der Waals surface area contributed by atoms with E-state index < -0.39 is 0 Å². The van der Waals surface area contributed by atoms with E-state index >= 15 is 0 Å². The van der Waals surface area contributed by atoms with Crippen molar-refractivity contribution in [2.45, 2.75) is 33.4 Å². The number of hydrogen-bond acceptors (Lipinski definition) is 4. The van der Waals surface area contributed by atoms with Crippen LogP contribution in [0.2, 0.25) is 0 Å². The van der Waals surface area contributed by atoms with Crippen LogP contribution in [0.4, 0.5) is 5.69 Å². The topological polar surface area (TPSA) is 59.4 Å². The summed E-state index contributed by atoms with van der Waals surface area (Å²) in [5, 5.41) is 2.94. The van der Waals surface area contributed by atoms with Gasteiger partial charge in [-0.15, -0.1) is 0 Å². The molecule has 6 heteroatoms. The third kappa shape index (κ3) is 4.49. The highest BCUT2D eigenvalue weighted by atomic mass is 16.5. The van der Waals surface area contributed by atoms with Crippen LogP contribution in [-0.2, 0) is 31.4 Å². The van der Waals surface area contributed by atoms with Crippen LogP contribution in [0, 0.1) is 5.92 Å². The van der Waals surface area contributed by atoms with Gasteiger partial charge in [-0.3, -0.25) is 9.69 Å². The molecule has 1 amide bonds. The summed E-state index contributed by atoms with van der Waals surface area (Å²) in [5.74, 6) is 1.88. The first-order valence-corrected chi connectivity index (χ1v) is 10.8. The van der Waals surface area contributed by atoms with Gasteiger partial charge in [-0.05, 0) is 30.3 Å². The molecule has 162 valence electrons. The standard InChI is InChI=1S/C25H30N4O2/c1-17(2)25(30)26-20-11-9-18(10-12-20)24-27-21-13-14-29(16-22(21)28(24)3)15-19-7-5-6-8-23(19)31-4/h5-12,17H,13-16H2,1-4H3,(H,26,30). The molecule has 1 N–H and O–H groups in total. The van der Waals surface area contributed by atoms with Gasteiger partial charge in [-0.2, -0.15) is 0 Å². The number of aromatic nitrogens is 2. The van der Waals surface area contributed by atoms with E-state index in [1.54, 1.807) is 7.11 Å². The molecule has 0 atom stereocenters. The smallest absolute Gasteiger partial charge is 0.226 e. The molecule has 0 spiro atoms. The second kappa shape index (κ2) is 8.94. The van der Waals surface area contributed by atoms with Crippen molar-refractivity contribution in [1.29, 1.82) is 0 Å². The van der Waals surface area contributed by atoms with E-state index in [4.69, 9.17) is 9.72 Å². The van der Waals surface area contributed by atoms with Gasteiger partial charge >= 0.3 is 0 Å². The molecule has 0 radical (unpaired) electrons. The van der Waals surface area contributed by atoms with E-state index in [2.05, 4.69) is 34.0 Å². The summed E-state index contributed by atoms with van der Waals surface area (Å²) >= 11 is 0. The summed E-state index contributed by atoms with van der Waals surface area (Å²) in [5.41, 5.74) is 5.49. The number of rotatable bonds is 6. The van der Waals surface area contributed by atoms with Crippen LogP contribution in [-0.4, -0.2) is 34.0 Å². The van der Waals surface area contributed by atoms with Gasteiger partial charge in [0, 0.05) is 55.8 Å². The number of nitrogens with one attached hydrogen (secondary N) is 1. The first-order chi connectivity index (χ1) is 15.0. The minimum absolute atomic E-state index is 0.0235. The Labute approximate surface area is 183 Å². The summed E-state index contributed by atoms with van der Waals surface area (Å²) in [6.07, 6.45) is 0.931. The van der Waals surface area contributed by atoms with Crippen LogP contribution in [0.1, 0.15) is 30.8 Å². The first kappa shape index (κ1) is 21.1. The molecule has 1 aliphatic rings. The van der Waals surface area contributed by atoms with Crippen LogP contribution in [0.15, 0.2) is 48.5 Å². The van der Waals surface area contributed by atoms with Crippen LogP contribution in [0.25, 0.3) is 11.4 Å². The number of imidazole rings is 1. The maximum Gasteiger partial charge on any atom is 0.226 e. The Morgan fingerprint density at radius 2 is 1.90 bits per heavy atom. The molecular weight excluding hydrogens is 388 g/mol. The summed E-state index contributed by atoms with van der Waals surface area (Å²) < 4.78 is 7.72. The second-order valence-corrected chi connectivity index (χ2v) is 8.38. The third-order valence-electron chi connectivity index (χ3n) is 5.86. The summed E-state index contributed by atoms with van der Waals surface area (Å²) in [6.45, 7) is 6.47. The first-order valence-electron chi connectivity index (χ1n) is 10.8. The average Bonchev–Trinajstić information content (AvgIpc) is 3.10. The zero-order valence-corrected chi connectivity index (χ0v) is 18.7. The Kier molecular flexibility index (Phi) is 6.09. The predicted octanol–water partition coefficient (Wildman–Crippen LogP) is 4.25. The zero-order valence-electron chi connectivity index (χ0n) is 18.7. The Morgan fingerprint density at radius 1 is 1.16 bits per heavy atom. The van der Waals surface area contributed by atoms with Gasteiger partial charge in [-0.25, -0.2) is 4.98 Å². The largest absolute Gasteiger partial charge is 0.496 e. The molecule has 0 unspecified atom stereocenters.